The smallest absolute Gasteiger partial charge is 0.249 e. The van der Waals surface area contributed by atoms with Gasteiger partial charge in [-0.25, -0.2) is 9.13 Å². The van der Waals surface area contributed by atoms with E-state index in [4.69, 9.17) is 0 Å². The van der Waals surface area contributed by atoms with Crippen LogP contribution in [0.4, 0.5) is 18.1 Å². The molecule has 0 aromatic heterocycles. The van der Waals surface area contributed by atoms with Gasteiger partial charge in [-0.3, -0.25) is 0 Å². The predicted molar refractivity (Wildman–Crippen MR) is 49.7 cm³/mol. The van der Waals surface area contributed by atoms with E-state index in [0.717, 1.165) is 12.1 Å². The van der Waals surface area contributed by atoms with Gasteiger partial charge in [0.05, 0.1) is 10.6 Å². The van der Waals surface area contributed by atoms with Gasteiger partial charge in [-0.05, 0) is 30.2 Å². The minimum Gasteiger partial charge on any atom is -0.249 e. The molecule has 0 atom stereocenters. The first kappa shape index (κ1) is 15.3. The first-order chi connectivity index (χ1) is 8.47. The third kappa shape index (κ3) is 2.64. The fourth-order valence-corrected chi connectivity index (χ4v) is 3.42. The van der Waals surface area contributed by atoms with Gasteiger partial charge in [0.1, 0.15) is 0 Å². The highest BCUT2D eigenvalue weighted by molar-refractivity contribution is 7.68. The van der Waals surface area contributed by atoms with E-state index in [1.54, 1.807) is 0 Å². The SMILES string of the molecule is O=P(OF)(OF)c1ccccc1P(=O)(OF)OF. The highest BCUT2D eigenvalue weighted by Gasteiger charge is 2.42. The summed E-state index contributed by atoms with van der Waals surface area (Å²) in [4.78, 5) is 0. The Morgan fingerprint density at radius 3 is 1.22 bits per heavy atom. The van der Waals surface area contributed by atoms with Crippen molar-refractivity contribution in [2.75, 3.05) is 0 Å². The maximum absolute atomic E-state index is 12.0. The molecule has 12 heteroatoms. The van der Waals surface area contributed by atoms with Crippen molar-refractivity contribution in [3.63, 3.8) is 0 Å². The van der Waals surface area contributed by atoms with Crippen molar-refractivity contribution in [1.29, 1.82) is 0 Å². The van der Waals surface area contributed by atoms with Crippen molar-refractivity contribution in [1.82, 2.24) is 0 Å². The monoisotopic (exact) mass is 310 g/mol. The van der Waals surface area contributed by atoms with Crippen LogP contribution >= 0.6 is 15.2 Å². The summed E-state index contributed by atoms with van der Waals surface area (Å²) in [5, 5.41) is -2.12. The topological polar surface area (TPSA) is 71.1 Å². The van der Waals surface area contributed by atoms with Gasteiger partial charge in [0.2, 0.25) is 0 Å². The van der Waals surface area contributed by atoms with E-state index in [-0.39, 0.29) is 0 Å². The van der Waals surface area contributed by atoms with Gasteiger partial charge in [0, 0.05) is 0 Å². The molecule has 1 aromatic carbocycles. The minimum absolute atomic E-state index is 0.694. The Hall–Kier alpha value is -0.760. The van der Waals surface area contributed by atoms with E-state index in [1.165, 1.54) is 0 Å². The summed E-state index contributed by atoms with van der Waals surface area (Å²) in [6.45, 7) is 0. The molecular weight excluding hydrogens is 306 g/mol. The van der Waals surface area contributed by atoms with Crippen LogP contribution in [0.1, 0.15) is 0 Å². The molecule has 0 unspecified atom stereocenters. The van der Waals surface area contributed by atoms with Crippen molar-refractivity contribution >= 4 is 25.8 Å². The summed E-state index contributed by atoms with van der Waals surface area (Å²) in [7, 11) is -10.4. The Balaban J connectivity index is 3.49. The second-order valence-electron chi connectivity index (χ2n) is 2.76. The molecule has 0 saturated heterocycles. The van der Waals surface area contributed by atoms with Gasteiger partial charge in [-0.1, -0.05) is 31.0 Å². The van der Waals surface area contributed by atoms with Crippen LogP contribution in [0.3, 0.4) is 0 Å². The molecule has 0 aliphatic carbocycles. The van der Waals surface area contributed by atoms with Crippen molar-refractivity contribution < 1.29 is 46.1 Å². The average Bonchev–Trinajstić information content (AvgIpc) is 2.45. The zero-order chi connectivity index (χ0) is 13.8. The molecule has 1 rings (SSSR count). The van der Waals surface area contributed by atoms with Crippen molar-refractivity contribution in [2.24, 2.45) is 0 Å². The highest BCUT2D eigenvalue weighted by atomic mass is 31.2. The number of hydrogen-bond acceptors (Lipinski definition) is 6. The predicted octanol–water partition coefficient (Wildman–Crippen LogP) is 2.93. The lowest BCUT2D eigenvalue weighted by Crippen LogP contribution is -2.25. The molecule has 0 N–H and O–H groups in total. The van der Waals surface area contributed by atoms with E-state index >= 15 is 0 Å². The quantitative estimate of drug-likeness (QED) is 0.594. The summed E-state index contributed by atoms with van der Waals surface area (Å²) in [5.41, 5.74) is 0. The summed E-state index contributed by atoms with van der Waals surface area (Å²) in [5.74, 6) is 0. The van der Waals surface area contributed by atoms with Crippen LogP contribution in [0.25, 0.3) is 0 Å². The summed E-state index contributed by atoms with van der Waals surface area (Å²) < 4.78 is 81.9. The van der Waals surface area contributed by atoms with Gasteiger partial charge in [0.25, 0.3) is 0 Å². The Morgan fingerprint density at radius 2 is 1.00 bits per heavy atom. The van der Waals surface area contributed by atoms with E-state index in [2.05, 4.69) is 18.9 Å². The minimum atomic E-state index is -5.19. The standard InChI is InChI=1S/C6H4F4O6P2/c7-13-17(11,14-8)5-3-1-2-4-6(5)18(12,15-9)16-10/h1-4H. The van der Waals surface area contributed by atoms with E-state index in [9.17, 15) is 27.2 Å². The van der Waals surface area contributed by atoms with Crippen LogP contribution in [0, 0.1) is 0 Å². The lowest BCUT2D eigenvalue weighted by molar-refractivity contribution is -0.0844. The van der Waals surface area contributed by atoms with Crippen LogP contribution in [0.15, 0.2) is 24.3 Å². The van der Waals surface area contributed by atoms with Gasteiger partial charge in [-0.15, -0.1) is 0 Å². The summed E-state index contributed by atoms with van der Waals surface area (Å²) in [6, 6.07) is 3.51. The second kappa shape index (κ2) is 5.92. The van der Waals surface area contributed by atoms with Crippen LogP contribution < -0.4 is 10.6 Å². The molecule has 0 saturated carbocycles. The van der Waals surface area contributed by atoms with Crippen LogP contribution in [-0.4, -0.2) is 0 Å². The van der Waals surface area contributed by atoms with Crippen LogP contribution in [0.2, 0.25) is 0 Å². The molecular formula is C6H4F4O6P2. The summed E-state index contributed by atoms with van der Waals surface area (Å²) in [6.07, 6.45) is 0. The van der Waals surface area contributed by atoms with Gasteiger partial charge in [0.15, 0.2) is 0 Å². The first-order valence-electron chi connectivity index (χ1n) is 3.99. The lowest BCUT2D eigenvalue weighted by atomic mass is 10.4. The molecule has 0 aliphatic heterocycles. The molecule has 0 amide bonds. The molecule has 18 heavy (non-hydrogen) atoms. The number of benzene rings is 1. The molecule has 0 spiro atoms. The Bertz CT molecular complexity index is 450. The van der Waals surface area contributed by atoms with Crippen LogP contribution in [0.5, 0.6) is 0 Å². The Kier molecular flexibility index (Phi) is 5.03. The first-order valence-corrected chi connectivity index (χ1v) is 7.07. The summed E-state index contributed by atoms with van der Waals surface area (Å²) >= 11 is 0. The van der Waals surface area contributed by atoms with Gasteiger partial charge < -0.3 is 0 Å². The molecule has 1 aromatic rings. The maximum Gasteiger partial charge on any atom is 0.424 e. The van der Waals surface area contributed by atoms with Gasteiger partial charge >= 0.3 is 15.2 Å². The molecule has 0 bridgehead atoms. The fourth-order valence-electron chi connectivity index (χ4n) is 1.10. The van der Waals surface area contributed by atoms with Crippen LogP contribution in [-0.2, 0) is 28.0 Å². The zero-order valence-corrected chi connectivity index (χ0v) is 9.95. The second-order valence-corrected chi connectivity index (χ2v) is 6.27. The normalized spacial score (nSPS) is 12.7. The zero-order valence-electron chi connectivity index (χ0n) is 8.17. The largest absolute Gasteiger partial charge is 0.424 e. The Morgan fingerprint density at radius 1 is 0.722 bits per heavy atom. The van der Waals surface area contributed by atoms with Crippen molar-refractivity contribution in [3.05, 3.63) is 24.3 Å². The highest BCUT2D eigenvalue weighted by Crippen LogP contribution is 2.53. The number of halogens is 4. The molecule has 6 nitrogen and oxygen atoms in total. The lowest BCUT2D eigenvalue weighted by Gasteiger charge is -2.14. The van der Waals surface area contributed by atoms with E-state index < -0.39 is 25.8 Å². The fraction of sp³-hybridized carbons (Fsp3) is 0. The number of rotatable bonds is 6. The third-order valence-corrected chi connectivity index (χ3v) is 4.70. The molecule has 102 valence electrons. The van der Waals surface area contributed by atoms with E-state index in [1.807, 2.05) is 0 Å². The molecule has 0 aliphatic rings. The Labute approximate surface area is 97.1 Å². The maximum atomic E-state index is 12.0. The molecule has 0 radical (unpaired) electrons. The number of hydrogen-bond donors (Lipinski definition) is 0. The van der Waals surface area contributed by atoms with E-state index in [0.29, 0.717) is 12.1 Å². The molecule has 0 heterocycles. The molecule has 0 fully saturated rings. The van der Waals surface area contributed by atoms with Crippen molar-refractivity contribution in [2.45, 2.75) is 0 Å². The van der Waals surface area contributed by atoms with Gasteiger partial charge in [-0.2, -0.15) is 0 Å². The third-order valence-electron chi connectivity index (χ3n) is 1.84. The van der Waals surface area contributed by atoms with Crippen molar-refractivity contribution in [3.8, 4) is 0 Å². The average molecular weight is 310 g/mol.